The summed E-state index contributed by atoms with van der Waals surface area (Å²) in [5, 5.41) is 11.1. The number of carbonyl (C=O) groups is 1. The van der Waals surface area contributed by atoms with E-state index in [1.165, 1.54) is 11.3 Å². The molecule has 0 aliphatic carbocycles. The van der Waals surface area contributed by atoms with Gasteiger partial charge in [0, 0.05) is 56.9 Å². The molecule has 2 aliphatic heterocycles. The molecule has 31 heavy (non-hydrogen) atoms. The molecule has 5 rings (SSSR count). The molecule has 0 bridgehead atoms. The Kier molecular flexibility index (Phi) is 5.73. The number of ether oxygens (including phenoxy) is 1. The predicted octanol–water partition coefficient (Wildman–Crippen LogP) is 2.75. The quantitative estimate of drug-likeness (QED) is 0.679. The van der Waals surface area contributed by atoms with Gasteiger partial charge >= 0.3 is 6.03 Å². The van der Waals surface area contributed by atoms with E-state index in [1.54, 1.807) is 0 Å². The normalized spacial score (nSPS) is 17.8. The minimum Gasteiger partial charge on any atom is -0.379 e. The molecule has 2 aromatic carbocycles. The number of hydrogen-bond donors (Lipinski definition) is 2. The van der Waals surface area contributed by atoms with Crippen molar-refractivity contribution in [3.63, 3.8) is 0 Å². The Morgan fingerprint density at radius 1 is 0.968 bits per heavy atom. The highest BCUT2D eigenvalue weighted by atomic mass is 16.5. The largest absolute Gasteiger partial charge is 0.379 e. The van der Waals surface area contributed by atoms with Crippen LogP contribution in [0.5, 0.6) is 0 Å². The lowest BCUT2D eigenvalue weighted by Crippen LogP contribution is -2.50. The van der Waals surface area contributed by atoms with Crippen LogP contribution >= 0.6 is 0 Å². The lowest BCUT2D eigenvalue weighted by atomic mass is 10.1. The number of para-hydroxylation sites is 1. The first-order chi connectivity index (χ1) is 15.3. The van der Waals surface area contributed by atoms with Crippen molar-refractivity contribution >= 4 is 28.4 Å². The summed E-state index contributed by atoms with van der Waals surface area (Å²) < 4.78 is 5.42. The molecule has 0 saturated carbocycles. The third-order valence-corrected chi connectivity index (χ3v) is 6.07. The minimum atomic E-state index is -0.0993. The van der Waals surface area contributed by atoms with E-state index in [4.69, 9.17) is 4.74 Å². The van der Waals surface area contributed by atoms with E-state index in [-0.39, 0.29) is 6.03 Å². The number of rotatable bonds is 4. The number of morpholine rings is 1. The topological polar surface area (TPSA) is 76.7 Å². The van der Waals surface area contributed by atoms with Gasteiger partial charge in [-0.1, -0.05) is 24.3 Å². The molecule has 2 fully saturated rings. The number of benzene rings is 2. The average molecular weight is 421 g/mol. The Morgan fingerprint density at radius 3 is 2.48 bits per heavy atom. The SMILES string of the molecule is O=C(Nc1n[nH]c2ccccc12)N1CCN(c2ccc(CN3CCOCC3)cc2)CC1. The Bertz CT molecular complexity index is 1020. The molecule has 0 atom stereocenters. The monoisotopic (exact) mass is 420 g/mol. The molecule has 3 aromatic rings. The van der Waals surface area contributed by atoms with E-state index in [0.717, 1.165) is 56.8 Å². The van der Waals surface area contributed by atoms with E-state index in [9.17, 15) is 4.79 Å². The van der Waals surface area contributed by atoms with Gasteiger partial charge in [-0.05, 0) is 29.8 Å². The van der Waals surface area contributed by atoms with Gasteiger partial charge in [0.15, 0.2) is 5.82 Å². The number of anilines is 2. The van der Waals surface area contributed by atoms with E-state index < -0.39 is 0 Å². The molecule has 162 valence electrons. The molecular weight excluding hydrogens is 392 g/mol. The number of urea groups is 1. The molecule has 2 aliphatic rings. The van der Waals surface area contributed by atoms with Gasteiger partial charge in [-0.3, -0.25) is 15.3 Å². The number of piperazine rings is 1. The fraction of sp³-hybridized carbons (Fsp3) is 0.391. The zero-order chi connectivity index (χ0) is 21.0. The van der Waals surface area contributed by atoms with Crippen LogP contribution in [0.4, 0.5) is 16.3 Å². The van der Waals surface area contributed by atoms with Crippen LogP contribution in [0.3, 0.4) is 0 Å². The zero-order valence-corrected chi connectivity index (χ0v) is 17.6. The number of aromatic amines is 1. The minimum absolute atomic E-state index is 0.0993. The van der Waals surface area contributed by atoms with Crippen LogP contribution in [-0.4, -0.2) is 78.5 Å². The molecule has 2 amide bonds. The Balaban J connectivity index is 1.14. The van der Waals surface area contributed by atoms with Crippen LogP contribution in [-0.2, 0) is 11.3 Å². The molecule has 3 heterocycles. The average Bonchev–Trinajstić information content (AvgIpc) is 3.23. The molecule has 0 spiro atoms. The van der Waals surface area contributed by atoms with Gasteiger partial charge in [-0.2, -0.15) is 5.10 Å². The summed E-state index contributed by atoms with van der Waals surface area (Å²) in [7, 11) is 0. The van der Waals surface area contributed by atoms with Crippen LogP contribution < -0.4 is 10.2 Å². The molecule has 0 unspecified atom stereocenters. The highest BCUT2D eigenvalue weighted by Gasteiger charge is 2.22. The van der Waals surface area contributed by atoms with Crippen LogP contribution in [0.2, 0.25) is 0 Å². The first kappa shape index (κ1) is 19.8. The molecular formula is C23H28N6O2. The number of hydrogen-bond acceptors (Lipinski definition) is 5. The summed E-state index contributed by atoms with van der Waals surface area (Å²) in [4.78, 5) is 19.3. The van der Waals surface area contributed by atoms with E-state index in [1.807, 2.05) is 29.2 Å². The standard InChI is InChI=1S/C23H28N6O2/c30-23(24-22-20-3-1-2-4-21(20)25-26-22)29-11-9-28(10-12-29)19-7-5-18(6-8-19)17-27-13-15-31-16-14-27/h1-8H,9-17H2,(H2,24,25,26,30). The highest BCUT2D eigenvalue weighted by Crippen LogP contribution is 2.21. The Labute approximate surface area is 181 Å². The number of aromatic nitrogens is 2. The van der Waals surface area contributed by atoms with E-state index >= 15 is 0 Å². The fourth-order valence-electron chi connectivity index (χ4n) is 4.24. The molecule has 2 N–H and O–H groups in total. The van der Waals surface area contributed by atoms with Gasteiger partial charge in [0.25, 0.3) is 0 Å². The first-order valence-electron chi connectivity index (χ1n) is 10.9. The highest BCUT2D eigenvalue weighted by molar-refractivity contribution is 5.98. The summed E-state index contributed by atoms with van der Waals surface area (Å²) in [5.41, 5.74) is 3.46. The van der Waals surface area contributed by atoms with Crippen LogP contribution in [0.25, 0.3) is 10.9 Å². The van der Waals surface area contributed by atoms with E-state index in [0.29, 0.717) is 18.9 Å². The van der Waals surface area contributed by atoms with Crippen molar-refractivity contribution in [2.24, 2.45) is 0 Å². The maximum Gasteiger partial charge on any atom is 0.323 e. The second-order valence-electron chi connectivity index (χ2n) is 8.08. The molecule has 8 nitrogen and oxygen atoms in total. The maximum atomic E-state index is 12.7. The van der Waals surface area contributed by atoms with Gasteiger partial charge in [0.1, 0.15) is 0 Å². The second kappa shape index (κ2) is 8.95. The summed E-state index contributed by atoms with van der Waals surface area (Å²) in [6, 6.07) is 16.5. The number of carbonyl (C=O) groups excluding carboxylic acids is 1. The van der Waals surface area contributed by atoms with Gasteiger partial charge < -0.3 is 14.5 Å². The number of nitrogens with one attached hydrogen (secondary N) is 2. The smallest absolute Gasteiger partial charge is 0.323 e. The molecule has 1 aromatic heterocycles. The van der Waals surface area contributed by atoms with Gasteiger partial charge in [-0.15, -0.1) is 0 Å². The van der Waals surface area contributed by atoms with E-state index in [2.05, 4.69) is 49.6 Å². The van der Waals surface area contributed by atoms with Crippen LogP contribution in [0.15, 0.2) is 48.5 Å². The third-order valence-electron chi connectivity index (χ3n) is 6.07. The first-order valence-corrected chi connectivity index (χ1v) is 10.9. The van der Waals surface area contributed by atoms with Crippen molar-refractivity contribution in [1.82, 2.24) is 20.0 Å². The van der Waals surface area contributed by atoms with Crippen molar-refractivity contribution in [3.8, 4) is 0 Å². The second-order valence-corrected chi connectivity index (χ2v) is 8.08. The number of H-pyrrole nitrogens is 1. The van der Waals surface area contributed by atoms with Crippen molar-refractivity contribution < 1.29 is 9.53 Å². The zero-order valence-electron chi connectivity index (χ0n) is 17.6. The summed E-state index contributed by atoms with van der Waals surface area (Å²) >= 11 is 0. The summed E-state index contributed by atoms with van der Waals surface area (Å²) in [5.74, 6) is 0.582. The molecule has 2 saturated heterocycles. The van der Waals surface area contributed by atoms with Crippen molar-refractivity contribution in [2.75, 3.05) is 62.7 Å². The van der Waals surface area contributed by atoms with Gasteiger partial charge in [-0.25, -0.2) is 4.79 Å². The lowest BCUT2D eigenvalue weighted by Gasteiger charge is -2.36. The number of nitrogens with zero attached hydrogens (tertiary/aromatic N) is 4. The number of fused-ring (bicyclic) bond motifs is 1. The lowest BCUT2D eigenvalue weighted by molar-refractivity contribution is 0.0342. The Hall–Kier alpha value is -3.10. The van der Waals surface area contributed by atoms with Gasteiger partial charge in [0.05, 0.1) is 18.7 Å². The predicted molar refractivity (Wildman–Crippen MR) is 121 cm³/mol. The fourth-order valence-corrected chi connectivity index (χ4v) is 4.24. The molecule has 8 heteroatoms. The Morgan fingerprint density at radius 2 is 1.71 bits per heavy atom. The maximum absolute atomic E-state index is 12.7. The molecule has 0 radical (unpaired) electrons. The van der Waals surface area contributed by atoms with Crippen LogP contribution in [0.1, 0.15) is 5.56 Å². The van der Waals surface area contributed by atoms with Crippen molar-refractivity contribution in [3.05, 3.63) is 54.1 Å². The summed E-state index contributed by atoms with van der Waals surface area (Å²) in [6.07, 6.45) is 0. The van der Waals surface area contributed by atoms with Crippen molar-refractivity contribution in [2.45, 2.75) is 6.54 Å². The van der Waals surface area contributed by atoms with Crippen molar-refractivity contribution in [1.29, 1.82) is 0 Å². The third kappa shape index (κ3) is 4.50. The van der Waals surface area contributed by atoms with Gasteiger partial charge in [0.2, 0.25) is 0 Å². The number of amides is 2. The van der Waals surface area contributed by atoms with Crippen LogP contribution in [0, 0.1) is 0 Å². The summed E-state index contributed by atoms with van der Waals surface area (Å²) in [6.45, 7) is 7.63.